The highest BCUT2D eigenvalue weighted by atomic mass is 32.2. The molecular formula is C19H20F4N2O3S. The van der Waals surface area contributed by atoms with E-state index in [0.717, 1.165) is 30.3 Å². The minimum Gasteiger partial charge on any atom is -0.351 e. The number of carbonyl (C=O) groups excluding carboxylic acids is 1. The van der Waals surface area contributed by atoms with Crippen molar-refractivity contribution < 1.29 is 30.8 Å². The zero-order valence-electron chi connectivity index (χ0n) is 15.9. The first-order chi connectivity index (χ1) is 13.3. The number of carbonyl (C=O) groups is 1. The molecule has 2 aromatic carbocycles. The first-order valence-electron chi connectivity index (χ1n) is 8.47. The number of sulfonamides is 1. The first kappa shape index (κ1) is 22.8. The molecule has 5 nitrogen and oxygen atoms in total. The van der Waals surface area contributed by atoms with Crippen molar-refractivity contribution in [1.82, 2.24) is 10.0 Å². The third-order valence-electron chi connectivity index (χ3n) is 4.42. The molecule has 2 rings (SSSR count). The Morgan fingerprint density at radius 1 is 1.03 bits per heavy atom. The molecule has 0 aliphatic carbocycles. The zero-order chi connectivity index (χ0) is 22.0. The van der Waals surface area contributed by atoms with Gasteiger partial charge in [-0.3, -0.25) is 4.79 Å². The fraction of sp³-hybridized carbons (Fsp3) is 0.316. The number of benzene rings is 2. The van der Waals surface area contributed by atoms with Gasteiger partial charge in [0.15, 0.2) is 0 Å². The van der Waals surface area contributed by atoms with Gasteiger partial charge in [-0.15, -0.1) is 0 Å². The Hall–Kier alpha value is -2.46. The van der Waals surface area contributed by atoms with E-state index in [2.05, 4.69) is 10.0 Å². The molecule has 2 aromatic rings. The summed E-state index contributed by atoms with van der Waals surface area (Å²) in [7, 11) is -2.70. The normalized spacial score (nSPS) is 12.7. The molecule has 0 saturated carbocycles. The molecule has 1 amide bonds. The van der Waals surface area contributed by atoms with Crippen molar-refractivity contribution in [3.05, 3.63) is 65.0 Å². The lowest BCUT2D eigenvalue weighted by atomic mass is 9.83. The Balaban J connectivity index is 2.23. The summed E-state index contributed by atoms with van der Waals surface area (Å²) in [6.45, 7) is 3.15. The average molecular weight is 432 g/mol. The van der Waals surface area contributed by atoms with Crippen LogP contribution in [0.25, 0.3) is 0 Å². The molecule has 0 atom stereocenters. The van der Waals surface area contributed by atoms with Crippen molar-refractivity contribution in [2.45, 2.75) is 30.3 Å². The fourth-order valence-corrected chi connectivity index (χ4v) is 3.33. The van der Waals surface area contributed by atoms with Crippen LogP contribution in [0.3, 0.4) is 0 Å². The minimum atomic E-state index is -4.50. The Labute approximate surface area is 166 Å². The topological polar surface area (TPSA) is 75.3 Å². The van der Waals surface area contributed by atoms with Gasteiger partial charge in [0.2, 0.25) is 10.0 Å². The molecule has 0 unspecified atom stereocenters. The second kappa shape index (κ2) is 8.11. The average Bonchev–Trinajstić information content (AvgIpc) is 2.65. The van der Waals surface area contributed by atoms with Gasteiger partial charge in [0, 0.05) is 12.0 Å². The quantitative estimate of drug-likeness (QED) is 0.687. The summed E-state index contributed by atoms with van der Waals surface area (Å²) in [5, 5.41) is 2.46. The van der Waals surface area contributed by atoms with Crippen LogP contribution in [0.2, 0.25) is 0 Å². The molecule has 2 N–H and O–H groups in total. The molecule has 29 heavy (non-hydrogen) atoms. The van der Waals surface area contributed by atoms with Crippen LogP contribution in [0.5, 0.6) is 0 Å². The molecule has 0 bridgehead atoms. The van der Waals surface area contributed by atoms with Gasteiger partial charge in [-0.1, -0.05) is 32.0 Å². The van der Waals surface area contributed by atoms with Gasteiger partial charge in [0.1, 0.15) is 5.82 Å². The van der Waals surface area contributed by atoms with Gasteiger partial charge in [0.25, 0.3) is 5.91 Å². The van der Waals surface area contributed by atoms with Crippen LogP contribution < -0.4 is 10.0 Å². The maximum Gasteiger partial charge on any atom is 0.416 e. The van der Waals surface area contributed by atoms with Crippen LogP contribution >= 0.6 is 0 Å². The van der Waals surface area contributed by atoms with Gasteiger partial charge < -0.3 is 5.32 Å². The third kappa shape index (κ3) is 5.33. The summed E-state index contributed by atoms with van der Waals surface area (Å²) < 4.78 is 78.6. The molecule has 0 saturated heterocycles. The van der Waals surface area contributed by atoms with E-state index < -0.39 is 44.5 Å². The fourth-order valence-electron chi connectivity index (χ4n) is 2.58. The maximum atomic E-state index is 14.0. The number of nitrogens with one attached hydrogen (secondary N) is 2. The lowest BCUT2D eigenvalue weighted by Crippen LogP contribution is -2.37. The lowest BCUT2D eigenvalue weighted by molar-refractivity contribution is -0.137. The van der Waals surface area contributed by atoms with Gasteiger partial charge in [0.05, 0.1) is 16.0 Å². The molecule has 0 aromatic heterocycles. The molecule has 0 spiro atoms. The number of halogens is 4. The van der Waals surface area contributed by atoms with Gasteiger partial charge >= 0.3 is 6.18 Å². The second-order valence-electron chi connectivity index (χ2n) is 6.99. The molecule has 0 radical (unpaired) electrons. The predicted octanol–water partition coefficient (Wildman–Crippen LogP) is 3.46. The van der Waals surface area contributed by atoms with Crippen LogP contribution in [-0.4, -0.2) is 27.9 Å². The number of hydrogen-bond donors (Lipinski definition) is 2. The summed E-state index contributed by atoms with van der Waals surface area (Å²) in [4.78, 5) is 12.1. The van der Waals surface area contributed by atoms with E-state index in [0.29, 0.717) is 5.56 Å². The highest BCUT2D eigenvalue weighted by molar-refractivity contribution is 7.89. The van der Waals surface area contributed by atoms with Gasteiger partial charge in [-0.25, -0.2) is 17.5 Å². The van der Waals surface area contributed by atoms with Crippen LogP contribution in [0, 0.1) is 5.82 Å². The standard InChI is InChI=1S/C19H20F4N2O3S/c1-18(2,12-5-4-6-13(9-12)19(21,22)23)11-25-17(26)15-10-14(7-8-16(15)20)29(27,28)24-3/h4-10,24H,11H2,1-3H3,(H,25,26). The van der Waals surface area contributed by atoms with E-state index in [-0.39, 0.29) is 11.4 Å². The van der Waals surface area contributed by atoms with E-state index in [1.54, 1.807) is 13.8 Å². The van der Waals surface area contributed by atoms with Crippen molar-refractivity contribution in [3.63, 3.8) is 0 Å². The third-order valence-corrected chi connectivity index (χ3v) is 5.84. The highest BCUT2D eigenvalue weighted by Gasteiger charge is 2.32. The van der Waals surface area contributed by atoms with Crippen LogP contribution in [0.4, 0.5) is 17.6 Å². The molecule has 158 valence electrons. The Kier molecular flexibility index (Phi) is 6.39. The van der Waals surface area contributed by atoms with E-state index in [9.17, 15) is 30.8 Å². The van der Waals surface area contributed by atoms with Crippen molar-refractivity contribution in [2.75, 3.05) is 13.6 Å². The highest BCUT2D eigenvalue weighted by Crippen LogP contribution is 2.32. The molecule has 10 heteroatoms. The van der Waals surface area contributed by atoms with Crippen LogP contribution in [0.1, 0.15) is 35.3 Å². The number of hydrogen-bond acceptors (Lipinski definition) is 3. The zero-order valence-corrected chi connectivity index (χ0v) is 16.7. The van der Waals surface area contributed by atoms with Crippen molar-refractivity contribution >= 4 is 15.9 Å². The Bertz CT molecular complexity index is 1020. The van der Waals surface area contributed by atoms with Gasteiger partial charge in [-0.05, 0) is 36.9 Å². The summed E-state index contributed by atoms with van der Waals surface area (Å²) >= 11 is 0. The van der Waals surface area contributed by atoms with Gasteiger partial charge in [-0.2, -0.15) is 13.2 Å². The largest absolute Gasteiger partial charge is 0.416 e. The summed E-state index contributed by atoms with van der Waals surface area (Å²) in [5.74, 6) is -1.80. The summed E-state index contributed by atoms with van der Waals surface area (Å²) in [6.07, 6.45) is -4.50. The molecule has 0 aliphatic rings. The smallest absolute Gasteiger partial charge is 0.351 e. The number of rotatable bonds is 6. The number of alkyl halides is 3. The molecular weight excluding hydrogens is 412 g/mol. The van der Waals surface area contributed by atoms with Crippen LogP contribution in [-0.2, 0) is 21.6 Å². The Morgan fingerprint density at radius 3 is 2.24 bits per heavy atom. The van der Waals surface area contributed by atoms with E-state index in [1.165, 1.54) is 19.2 Å². The molecule has 0 fully saturated rings. The van der Waals surface area contributed by atoms with E-state index in [4.69, 9.17) is 0 Å². The lowest BCUT2D eigenvalue weighted by Gasteiger charge is -2.26. The first-order valence-corrected chi connectivity index (χ1v) is 9.95. The van der Waals surface area contributed by atoms with Crippen LogP contribution in [0.15, 0.2) is 47.4 Å². The monoisotopic (exact) mass is 432 g/mol. The maximum absolute atomic E-state index is 14.0. The van der Waals surface area contributed by atoms with E-state index >= 15 is 0 Å². The van der Waals surface area contributed by atoms with Crippen molar-refractivity contribution in [1.29, 1.82) is 0 Å². The predicted molar refractivity (Wildman–Crippen MR) is 99.4 cm³/mol. The van der Waals surface area contributed by atoms with Crippen molar-refractivity contribution in [3.8, 4) is 0 Å². The SMILES string of the molecule is CNS(=O)(=O)c1ccc(F)c(C(=O)NCC(C)(C)c2cccc(C(F)(F)F)c2)c1. The molecule has 0 heterocycles. The number of amides is 1. The summed E-state index contributed by atoms with van der Waals surface area (Å²) in [6, 6.07) is 7.49. The molecule has 0 aliphatic heterocycles. The van der Waals surface area contributed by atoms with Crippen molar-refractivity contribution in [2.24, 2.45) is 0 Å². The van der Waals surface area contributed by atoms with E-state index in [1.807, 2.05) is 0 Å². The second-order valence-corrected chi connectivity index (χ2v) is 8.88. The minimum absolute atomic E-state index is 0.102. The Morgan fingerprint density at radius 2 is 1.66 bits per heavy atom. The summed E-state index contributed by atoms with van der Waals surface area (Å²) in [5.41, 5.74) is -1.87.